The van der Waals surface area contributed by atoms with Crippen LogP contribution in [0.5, 0.6) is 5.75 Å². The smallest absolute Gasteiger partial charge is 0.330 e. The lowest BCUT2D eigenvalue weighted by atomic mass is 10.2. The summed E-state index contributed by atoms with van der Waals surface area (Å²) >= 11 is 0. The summed E-state index contributed by atoms with van der Waals surface area (Å²) in [6.07, 6.45) is 2.48. The van der Waals surface area contributed by atoms with E-state index >= 15 is 0 Å². The molecule has 0 bridgehead atoms. The summed E-state index contributed by atoms with van der Waals surface area (Å²) < 4.78 is 35.3. The van der Waals surface area contributed by atoms with Gasteiger partial charge in [0, 0.05) is 20.2 Å². The van der Waals surface area contributed by atoms with Crippen molar-refractivity contribution in [3.63, 3.8) is 0 Å². The van der Waals surface area contributed by atoms with Crippen LogP contribution in [0.4, 0.5) is 0 Å². The van der Waals surface area contributed by atoms with Crippen molar-refractivity contribution in [2.24, 2.45) is 0 Å². The van der Waals surface area contributed by atoms with Crippen LogP contribution in [0.2, 0.25) is 0 Å². The van der Waals surface area contributed by atoms with E-state index in [1.54, 1.807) is 6.07 Å². The number of ether oxygens (including phenoxy) is 2. The number of amides is 1. The van der Waals surface area contributed by atoms with Gasteiger partial charge in [-0.1, -0.05) is 6.07 Å². The van der Waals surface area contributed by atoms with E-state index in [4.69, 9.17) is 9.84 Å². The number of aliphatic hydroxyl groups is 1. The molecule has 0 aromatic heterocycles. The number of sulfonamides is 1. The predicted octanol–water partition coefficient (Wildman–Crippen LogP) is -0.391. The molecule has 1 rings (SSSR count). The summed E-state index contributed by atoms with van der Waals surface area (Å²) in [5, 5.41) is 11.3. The van der Waals surface area contributed by atoms with E-state index < -0.39 is 34.5 Å². The molecule has 144 valence electrons. The van der Waals surface area contributed by atoms with E-state index in [2.05, 4.69) is 10.1 Å². The van der Waals surface area contributed by atoms with E-state index in [0.717, 1.165) is 17.5 Å². The van der Waals surface area contributed by atoms with Crippen molar-refractivity contribution in [1.82, 2.24) is 9.62 Å². The third-order valence-corrected chi connectivity index (χ3v) is 5.19. The van der Waals surface area contributed by atoms with Crippen LogP contribution >= 0.6 is 0 Å². The molecule has 0 saturated heterocycles. The van der Waals surface area contributed by atoms with Gasteiger partial charge in [-0.2, -0.15) is 0 Å². The van der Waals surface area contributed by atoms with Crippen molar-refractivity contribution in [3.8, 4) is 5.75 Å². The molecule has 0 radical (unpaired) electrons. The maximum absolute atomic E-state index is 12.4. The Labute approximate surface area is 152 Å². The van der Waals surface area contributed by atoms with Crippen molar-refractivity contribution < 1.29 is 32.6 Å². The van der Waals surface area contributed by atoms with Gasteiger partial charge in [0.15, 0.2) is 6.04 Å². The van der Waals surface area contributed by atoms with Crippen LogP contribution in [0, 0.1) is 0 Å². The Balaban J connectivity index is 3.05. The Kier molecular flexibility index (Phi) is 7.75. The Morgan fingerprint density at radius 2 is 1.96 bits per heavy atom. The van der Waals surface area contributed by atoms with Gasteiger partial charge >= 0.3 is 5.97 Å². The number of nitrogens with zero attached hydrogens (tertiary/aromatic N) is 1. The summed E-state index contributed by atoms with van der Waals surface area (Å²) in [4.78, 5) is 23.1. The van der Waals surface area contributed by atoms with Crippen LogP contribution in [-0.2, 0) is 24.3 Å². The molecule has 0 aliphatic carbocycles. The molecule has 0 aliphatic heterocycles. The van der Waals surface area contributed by atoms with Gasteiger partial charge in [0.05, 0.1) is 20.8 Å². The van der Waals surface area contributed by atoms with Crippen molar-refractivity contribution in [3.05, 3.63) is 29.8 Å². The molecule has 10 heteroatoms. The van der Waals surface area contributed by atoms with Crippen LogP contribution in [-0.4, -0.2) is 70.7 Å². The van der Waals surface area contributed by atoms with Crippen LogP contribution in [0.1, 0.15) is 5.56 Å². The molecule has 0 spiro atoms. The molecule has 0 heterocycles. The molecule has 0 unspecified atom stereocenters. The largest absolute Gasteiger partial charge is 0.495 e. The van der Waals surface area contributed by atoms with Crippen molar-refractivity contribution in [2.45, 2.75) is 10.9 Å². The van der Waals surface area contributed by atoms with Gasteiger partial charge in [0.1, 0.15) is 10.6 Å². The molecule has 1 amide bonds. The fourth-order valence-corrected chi connectivity index (χ4v) is 2.99. The average molecular weight is 386 g/mol. The number of hydrogen-bond donors (Lipinski definition) is 2. The number of methoxy groups -OCH3 is 2. The Hall–Kier alpha value is -2.43. The molecular weight excluding hydrogens is 364 g/mol. The molecule has 9 nitrogen and oxygen atoms in total. The third-order valence-electron chi connectivity index (χ3n) is 3.36. The Morgan fingerprint density at radius 1 is 1.31 bits per heavy atom. The summed E-state index contributed by atoms with van der Waals surface area (Å²) in [7, 11) is 1.54. The molecule has 26 heavy (non-hydrogen) atoms. The van der Waals surface area contributed by atoms with Gasteiger partial charge in [-0.05, 0) is 23.8 Å². The first-order valence-electron chi connectivity index (χ1n) is 7.45. The minimum absolute atomic E-state index is 0.0460. The van der Waals surface area contributed by atoms with Crippen LogP contribution in [0.25, 0.3) is 6.08 Å². The fourth-order valence-electron chi connectivity index (χ4n) is 1.91. The molecule has 0 saturated carbocycles. The number of carbonyl (C=O) groups is 2. The van der Waals surface area contributed by atoms with Crippen molar-refractivity contribution in [1.29, 1.82) is 0 Å². The van der Waals surface area contributed by atoms with Crippen molar-refractivity contribution >= 4 is 28.0 Å². The maximum Gasteiger partial charge on any atom is 0.330 e. The lowest BCUT2D eigenvalue weighted by Crippen LogP contribution is -2.43. The van der Waals surface area contributed by atoms with Crippen LogP contribution in [0.15, 0.2) is 29.2 Å². The summed E-state index contributed by atoms with van der Waals surface area (Å²) in [5.74, 6) is -1.26. The first-order chi connectivity index (χ1) is 12.2. The quantitative estimate of drug-likeness (QED) is 0.461. The first-order valence-corrected chi connectivity index (χ1v) is 8.89. The third kappa shape index (κ3) is 5.28. The number of benzene rings is 1. The van der Waals surface area contributed by atoms with Crippen LogP contribution in [0.3, 0.4) is 0 Å². The normalized spacial score (nSPS) is 12.8. The molecule has 1 aromatic rings. The molecule has 0 fully saturated rings. The molecule has 2 N–H and O–H groups in total. The average Bonchev–Trinajstić information content (AvgIpc) is 2.63. The molecular formula is C16H22N2O7S. The SMILES string of the molecule is COC(=O)[C@H](CO)NC(=O)/C=C/c1ccc(OC)c(S(=O)(=O)N(C)C)c1. The highest BCUT2D eigenvalue weighted by atomic mass is 32.2. The standard InChI is InChI=1S/C16H22N2O7S/c1-18(2)26(22,23)14-9-11(5-7-13(14)24-3)6-8-15(20)17-12(10-19)16(21)25-4/h5-9,12,19H,10H2,1-4H3,(H,17,20)/b8-6+/t12-/m0/s1. The Morgan fingerprint density at radius 3 is 2.46 bits per heavy atom. The monoisotopic (exact) mass is 386 g/mol. The van der Waals surface area contributed by atoms with Gasteiger partial charge < -0.3 is 19.9 Å². The highest BCUT2D eigenvalue weighted by molar-refractivity contribution is 7.89. The van der Waals surface area contributed by atoms with E-state index in [1.165, 1.54) is 39.4 Å². The Bertz CT molecular complexity index is 788. The maximum atomic E-state index is 12.4. The minimum Gasteiger partial charge on any atom is -0.495 e. The highest BCUT2D eigenvalue weighted by Gasteiger charge is 2.22. The van der Waals surface area contributed by atoms with E-state index in [-0.39, 0.29) is 10.6 Å². The van der Waals surface area contributed by atoms with Crippen molar-refractivity contribution in [2.75, 3.05) is 34.9 Å². The first kappa shape index (κ1) is 21.6. The number of hydrogen-bond acceptors (Lipinski definition) is 7. The highest BCUT2D eigenvalue weighted by Crippen LogP contribution is 2.27. The zero-order valence-corrected chi connectivity index (χ0v) is 15.7. The lowest BCUT2D eigenvalue weighted by Gasteiger charge is -2.15. The number of carbonyl (C=O) groups excluding carboxylic acids is 2. The molecule has 1 atom stereocenters. The lowest BCUT2D eigenvalue weighted by molar-refractivity contribution is -0.145. The summed E-state index contributed by atoms with van der Waals surface area (Å²) in [6, 6.07) is 3.22. The minimum atomic E-state index is -3.74. The number of rotatable bonds is 8. The zero-order valence-electron chi connectivity index (χ0n) is 14.9. The van der Waals surface area contributed by atoms with Gasteiger partial charge in [-0.25, -0.2) is 17.5 Å². The number of nitrogens with one attached hydrogen (secondary N) is 1. The van der Waals surface area contributed by atoms with Gasteiger partial charge in [0.25, 0.3) is 0 Å². The topological polar surface area (TPSA) is 122 Å². The van der Waals surface area contributed by atoms with E-state index in [0.29, 0.717) is 5.56 Å². The fraction of sp³-hybridized carbons (Fsp3) is 0.375. The van der Waals surface area contributed by atoms with E-state index in [1.807, 2.05) is 0 Å². The summed E-state index contributed by atoms with van der Waals surface area (Å²) in [6.45, 7) is -0.611. The second kappa shape index (κ2) is 9.32. The molecule has 0 aliphatic rings. The van der Waals surface area contributed by atoms with E-state index in [9.17, 15) is 18.0 Å². The molecule has 1 aromatic carbocycles. The predicted molar refractivity (Wildman–Crippen MR) is 93.9 cm³/mol. The second-order valence-corrected chi connectivity index (χ2v) is 7.42. The van der Waals surface area contributed by atoms with Gasteiger partial charge in [-0.15, -0.1) is 0 Å². The summed E-state index contributed by atoms with van der Waals surface area (Å²) in [5.41, 5.74) is 0.431. The van der Waals surface area contributed by atoms with Crippen LogP contribution < -0.4 is 10.1 Å². The zero-order chi connectivity index (χ0) is 19.9. The van der Waals surface area contributed by atoms with Gasteiger partial charge in [-0.3, -0.25) is 4.79 Å². The second-order valence-electron chi connectivity index (χ2n) is 5.30. The number of esters is 1. The van der Waals surface area contributed by atoms with Gasteiger partial charge in [0.2, 0.25) is 15.9 Å². The number of aliphatic hydroxyl groups excluding tert-OH is 1.